The second-order valence-corrected chi connectivity index (χ2v) is 10.6. The number of nitrogens with zero attached hydrogens (tertiary/aromatic N) is 1. The minimum absolute atomic E-state index is 0.0982. The third-order valence-corrected chi connectivity index (χ3v) is 7.53. The van der Waals surface area contributed by atoms with Crippen LogP contribution < -0.4 is 10.0 Å². The van der Waals surface area contributed by atoms with Gasteiger partial charge in [0.2, 0.25) is 0 Å². The molecule has 7 nitrogen and oxygen atoms in total. The van der Waals surface area contributed by atoms with Crippen LogP contribution in [0.15, 0.2) is 81.7 Å². The molecular weight excluding hydrogens is 458 g/mol. The number of rotatable bonds is 8. The van der Waals surface area contributed by atoms with E-state index < -0.39 is 10.0 Å². The highest BCUT2D eigenvalue weighted by atomic mass is 32.2. The molecule has 1 unspecified atom stereocenters. The van der Waals surface area contributed by atoms with Crippen molar-refractivity contribution in [3.63, 3.8) is 0 Å². The lowest BCUT2D eigenvalue weighted by molar-refractivity contribution is 0.0857. The third-order valence-electron chi connectivity index (χ3n) is 5.17. The number of amides is 1. The van der Waals surface area contributed by atoms with Crippen molar-refractivity contribution in [3.8, 4) is 0 Å². The summed E-state index contributed by atoms with van der Waals surface area (Å²) in [5.74, 6) is -0.167. The molecule has 1 fully saturated rings. The fraction of sp³-hybridized carbons (Fsp3) is 0.250. The second kappa shape index (κ2) is 10.4. The van der Waals surface area contributed by atoms with E-state index >= 15 is 0 Å². The molecule has 172 valence electrons. The highest BCUT2D eigenvalue weighted by molar-refractivity contribution is 7.99. The van der Waals surface area contributed by atoms with Crippen molar-refractivity contribution in [2.24, 2.45) is 0 Å². The van der Waals surface area contributed by atoms with Crippen LogP contribution in [0.2, 0.25) is 0 Å². The maximum Gasteiger partial charge on any atom is 0.261 e. The van der Waals surface area contributed by atoms with Crippen molar-refractivity contribution < 1.29 is 17.9 Å². The maximum absolute atomic E-state index is 12.5. The molecule has 2 aromatic carbocycles. The average Bonchev–Trinajstić information content (AvgIpc) is 3.33. The first-order valence-electron chi connectivity index (χ1n) is 10.6. The van der Waals surface area contributed by atoms with Gasteiger partial charge in [-0.3, -0.25) is 9.52 Å². The van der Waals surface area contributed by atoms with Crippen LogP contribution in [-0.4, -0.2) is 38.6 Å². The van der Waals surface area contributed by atoms with Gasteiger partial charge in [0, 0.05) is 29.9 Å². The van der Waals surface area contributed by atoms with Gasteiger partial charge in [0.1, 0.15) is 5.03 Å². The predicted octanol–water partition coefficient (Wildman–Crippen LogP) is 4.25. The maximum atomic E-state index is 12.5. The number of nitrogens with one attached hydrogen (secondary N) is 2. The molecule has 1 aliphatic heterocycles. The van der Waals surface area contributed by atoms with Crippen LogP contribution in [0.5, 0.6) is 0 Å². The van der Waals surface area contributed by atoms with E-state index in [0.717, 1.165) is 34.9 Å². The number of ether oxygens (including phenoxy) is 1. The standard InChI is InChI=1S/C24H25N3O4S2/c1-17-4-11-22(12-5-17)33(29,30)27-19-7-9-21(10-8-19)32-23-13-6-18(15-25-23)24(28)26-16-20-3-2-14-31-20/h4-13,15,20,27H,2-3,14,16H2,1H3,(H,26,28). The summed E-state index contributed by atoms with van der Waals surface area (Å²) < 4.78 is 33.2. The third kappa shape index (κ3) is 6.34. The number of carbonyl (C=O) groups excluding carboxylic acids is 1. The van der Waals surface area contributed by atoms with Crippen molar-refractivity contribution in [3.05, 3.63) is 78.0 Å². The van der Waals surface area contributed by atoms with Crippen molar-refractivity contribution in [2.75, 3.05) is 17.9 Å². The van der Waals surface area contributed by atoms with Gasteiger partial charge < -0.3 is 10.1 Å². The summed E-state index contributed by atoms with van der Waals surface area (Å²) in [6.07, 6.45) is 3.66. The molecule has 1 amide bonds. The summed E-state index contributed by atoms with van der Waals surface area (Å²) in [6, 6.07) is 17.3. The molecule has 1 aromatic heterocycles. The normalized spacial score (nSPS) is 15.8. The molecule has 0 radical (unpaired) electrons. The number of hydrogen-bond acceptors (Lipinski definition) is 6. The van der Waals surface area contributed by atoms with Crippen molar-refractivity contribution in [2.45, 2.75) is 40.7 Å². The van der Waals surface area contributed by atoms with E-state index in [2.05, 4.69) is 15.0 Å². The Balaban J connectivity index is 1.33. The molecule has 1 saturated heterocycles. The van der Waals surface area contributed by atoms with Gasteiger partial charge in [-0.15, -0.1) is 0 Å². The molecule has 0 bridgehead atoms. The molecule has 4 rings (SSSR count). The van der Waals surface area contributed by atoms with Crippen molar-refractivity contribution in [1.29, 1.82) is 0 Å². The molecule has 3 aromatic rings. The number of benzene rings is 2. The Bertz CT molecular complexity index is 1190. The minimum Gasteiger partial charge on any atom is -0.376 e. The number of aryl methyl sites for hydroxylation is 1. The summed E-state index contributed by atoms with van der Waals surface area (Å²) >= 11 is 1.43. The summed E-state index contributed by atoms with van der Waals surface area (Å²) in [5.41, 5.74) is 1.97. The van der Waals surface area contributed by atoms with Crippen LogP contribution in [0.4, 0.5) is 5.69 Å². The summed E-state index contributed by atoms with van der Waals surface area (Å²) in [4.78, 5) is 17.8. The minimum atomic E-state index is -3.64. The lowest BCUT2D eigenvalue weighted by Crippen LogP contribution is -2.31. The van der Waals surface area contributed by atoms with Gasteiger partial charge in [-0.05, 0) is 68.3 Å². The molecule has 0 saturated carbocycles. The largest absolute Gasteiger partial charge is 0.376 e. The zero-order valence-corrected chi connectivity index (χ0v) is 19.8. The molecule has 1 aliphatic rings. The number of sulfonamides is 1. The van der Waals surface area contributed by atoms with Crippen LogP contribution in [0.25, 0.3) is 0 Å². The van der Waals surface area contributed by atoms with E-state index in [1.165, 1.54) is 11.8 Å². The first kappa shape index (κ1) is 23.3. The van der Waals surface area contributed by atoms with Gasteiger partial charge in [0.15, 0.2) is 0 Å². The predicted molar refractivity (Wildman–Crippen MR) is 128 cm³/mol. The van der Waals surface area contributed by atoms with Crippen LogP contribution in [0.3, 0.4) is 0 Å². The van der Waals surface area contributed by atoms with Gasteiger partial charge >= 0.3 is 0 Å². The second-order valence-electron chi connectivity index (χ2n) is 7.78. The van der Waals surface area contributed by atoms with E-state index in [-0.39, 0.29) is 16.9 Å². The Morgan fingerprint density at radius 1 is 1.09 bits per heavy atom. The fourth-order valence-electron chi connectivity index (χ4n) is 3.33. The van der Waals surface area contributed by atoms with Gasteiger partial charge in [-0.2, -0.15) is 0 Å². The zero-order valence-electron chi connectivity index (χ0n) is 18.2. The van der Waals surface area contributed by atoms with Crippen molar-refractivity contribution in [1.82, 2.24) is 10.3 Å². The Kier molecular flexibility index (Phi) is 7.32. The topological polar surface area (TPSA) is 97.4 Å². The molecule has 0 spiro atoms. The Labute approximate surface area is 198 Å². The first-order valence-corrected chi connectivity index (χ1v) is 12.9. The number of pyridine rings is 1. The number of carbonyl (C=O) groups is 1. The van der Waals surface area contributed by atoms with Crippen LogP contribution in [0, 0.1) is 6.92 Å². The Morgan fingerprint density at radius 3 is 2.48 bits per heavy atom. The lowest BCUT2D eigenvalue weighted by Gasteiger charge is -2.11. The Hall–Kier alpha value is -2.88. The van der Waals surface area contributed by atoms with Gasteiger partial charge in [0.25, 0.3) is 15.9 Å². The van der Waals surface area contributed by atoms with Crippen LogP contribution in [0.1, 0.15) is 28.8 Å². The highest BCUT2D eigenvalue weighted by Crippen LogP contribution is 2.28. The SMILES string of the molecule is Cc1ccc(S(=O)(=O)Nc2ccc(Sc3ccc(C(=O)NCC4CCCO4)cn3)cc2)cc1. The summed E-state index contributed by atoms with van der Waals surface area (Å²) in [7, 11) is -3.64. The molecule has 9 heteroatoms. The van der Waals surface area contributed by atoms with E-state index in [9.17, 15) is 13.2 Å². The Morgan fingerprint density at radius 2 is 1.85 bits per heavy atom. The van der Waals surface area contributed by atoms with Gasteiger partial charge in [0.05, 0.1) is 16.6 Å². The fourth-order valence-corrected chi connectivity index (χ4v) is 5.15. The van der Waals surface area contributed by atoms with Gasteiger partial charge in [-0.25, -0.2) is 13.4 Å². The first-order chi connectivity index (χ1) is 15.9. The lowest BCUT2D eigenvalue weighted by atomic mass is 10.2. The average molecular weight is 484 g/mol. The van der Waals surface area contributed by atoms with E-state index in [1.807, 2.05) is 19.1 Å². The summed E-state index contributed by atoms with van der Waals surface area (Å²) in [6.45, 7) is 3.17. The van der Waals surface area contributed by atoms with Crippen molar-refractivity contribution >= 4 is 33.4 Å². The van der Waals surface area contributed by atoms with Crippen LogP contribution in [-0.2, 0) is 14.8 Å². The molecule has 33 heavy (non-hydrogen) atoms. The number of aromatic nitrogens is 1. The van der Waals surface area contributed by atoms with Crippen LogP contribution >= 0.6 is 11.8 Å². The van der Waals surface area contributed by atoms with E-state index in [1.54, 1.807) is 54.7 Å². The zero-order chi connectivity index (χ0) is 23.3. The summed E-state index contributed by atoms with van der Waals surface area (Å²) in [5, 5.41) is 3.62. The smallest absolute Gasteiger partial charge is 0.261 e. The van der Waals surface area contributed by atoms with Gasteiger partial charge in [-0.1, -0.05) is 29.5 Å². The number of anilines is 1. The van der Waals surface area contributed by atoms with E-state index in [4.69, 9.17) is 4.74 Å². The molecule has 0 aliphatic carbocycles. The van der Waals surface area contributed by atoms with E-state index in [0.29, 0.717) is 17.8 Å². The molecule has 1 atom stereocenters. The quantitative estimate of drug-likeness (QED) is 0.497. The monoisotopic (exact) mass is 483 g/mol. The number of hydrogen-bond donors (Lipinski definition) is 2. The molecule has 2 N–H and O–H groups in total. The highest BCUT2D eigenvalue weighted by Gasteiger charge is 2.17. The molecule has 2 heterocycles. The molecular formula is C24H25N3O4S2.